The minimum atomic E-state index is -0.883. The normalized spacial score (nSPS) is 38.2. The molecule has 4 atom stereocenters. The number of carbonyl (C=O) groups is 1. The van der Waals surface area contributed by atoms with Crippen molar-refractivity contribution in [2.45, 2.75) is 58.2 Å². The quantitative estimate of drug-likeness (QED) is 0.336. The van der Waals surface area contributed by atoms with Gasteiger partial charge in [-0.05, 0) is 46.0 Å². The van der Waals surface area contributed by atoms with Crippen molar-refractivity contribution in [3.63, 3.8) is 0 Å². The van der Waals surface area contributed by atoms with E-state index in [1.54, 1.807) is 7.11 Å². The Balaban J connectivity index is 2.07. The third-order valence-electron chi connectivity index (χ3n) is 5.52. The summed E-state index contributed by atoms with van der Waals surface area (Å²) in [6.45, 7) is 4.58. The second kappa shape index (κ2) is 5.82. The SMILES string of the molecule is COCCC[C@]12C[C@@H]3CC[C@@]1(C=[N+]([O-])O[C@H]2C=C(C)C)C(=O)O3. The summed E-state index contributed by atoms with van der Waals surface area (Å²) in [5, 5.41) is 12.1. The molecule has 4 aliphatic rings. The highest BCUT2D eigenvalue weighted by Crippen LogP contribution is 2.61. The Kier molecular flexibility index (Phi) is 4.12. The van der Waals surface area contributed by atoms with Crippen LogP contribution in [0, 0.1) is 16.0 Å². The Morgan fingerprint density at radius 3 is 3.00 bits per heavy atom. The number of esters is 1. The lowest BCUT2D eigenvalue weighted by Gasteiger charge is -2.59. The number of fused-ring (bicyclic) bond motifs is 2. The highest BCUT2D eigenvalue weighted by Gasteiger charge is 2.69. The lowest BCUT2D eigenvalue weighted by Crippen LogP contribution is -2.67. The molecule has 3 aliphatic heterocycles. The third-order valence-corrected chi connectivity index (χ3v) is 5.52. The Labute approximate surface area is 136 Å². The standard InChI is InChI=1S/C17H25NO5/c1-12(2)9-14-16(6-4-8-21-3)10-13-5-7-17(16,15(19)22-13)11-18(20)23-14/h9,11,13-14H,4-8,10H2,1-3H3/t13-,14-,16+,17+/m0/s1. The average Bonchev–Trinajstić information content (AvgIpc) is 2.47. The Morgan fingerprint density at radius 2 is 2.35 bits per heavy atom. The maximum atomic E-state index is 12.7. The molecule has 1 saturated carbocycles. The smallest absolute Gasteiger partial charge is 0.323 e. The molecule has 0 aromatic carbocycles. The van der Waals surface area contributed by atoms with Gasteiger partial charge in [-0.1, -0.05) is 11.6 Å². The second-order valence-electron chi connectivity index (χ2n) is 7.18. The number of methoxy groups -OCH3 is 1. The van der Waals surface area contributed by atoms with Gasteiger partial charge in [0.05, 0.1) is 6.10 Å². The largest absolute Gasteiger partial charge is 0.462 e. The van der Waals surface area contributed by atoms with Gasteiger partial charge in [0.15, 0.2) is 5.41 Å². The average molecular weight is 323 g/mol. The molecule has 6 heteroatoms. The van der Waals surface area contributed by atoms with Gasteiger partial charge in [-0.3, -0.25) is 10.0 Å². The van der Waals surface area contributed by atoms with Crippen LogP contribution in [-0.4, -0.2) is 43.0 Å². The van der Waals surface area contributed by atoms with Crippen molar-refractivity contribution in [1.29, 1.82) is 0 Å². The van der Waals surface area contributed by atoms with Gasteiger partial charge < -0.3 is 14.3 Å². The molecule has 4 rings (SSSR count). The molecule has 128 valence electrons. The van der Waals surface area contributed by atoms with Gasteiger partial charge in [-0.15, -0.1) is 0 Å². The van der Waals surface area contributed by atoms with Crippen LogP contribution < -0.4 is 0 Å². The van der Waals surface area contributed by atoms with E-state index in [4.69, 9.17) is 14.3 Å². The molecule has 2 saturated heterocycles. The first kappa shape index (κ1) is 16.3. The minimum absolute atomic E-state index is 0.0739. The van der Waals surface area contributed by atoms with E-state index in [0.717, 1.165) is 31.3 Å². The zero-order valence-electron chi connectivity index (χ0n) is 14.0. The number of ether oxygens (including phenoxy) is 2. The van der Waals surface area contributed by atoms with E-state index in [1.165, 1.54) is 6.21 Å². The number of carbonyl (C=O) groups excluding carboxylic acids is 1. The van der Waals surface area contributed by atoms with E-state index < -0.39 is 16.9 Å². The highest BCUT2D eigenvalue weighted by atomic mass is 16.9. The van der Waals surface area contributed by atoms with Crippen LogP contribution in [0.2, 0.25) is 0 Å². The summed E-state index contributed by atoms with van der Waals surface area (Å²) >= 11 is 0. The van der Waals surface area contributed by atoms with Crippen LogP contribution in [0.1, 0.15) is 46.0 Å². The molecule has 0 aromatic heterocycles. The Morgan fingerprint density at radius 1 is 1.57 bits per heavy atom. The molecule has 2 bridgehead atoms. The molecule has 6 nitrogen and oxygen atoms in total. The minimum Gasteiger partial charge on any atom is -0.462 e. The van der Waals surface area contributed by atoms with E-state index >= 15 is 0 Å². The number of rotatable bonds is 5. The van der Waals surface area contributed by atoms with Gasteiger partial charge in [0, 0.05) is 24.0 Å². The fourth-order valence-corrected chi connectivity index (χ4v) is 4.52. The zero-order valence-corrected chi connectivity index (χ0v) is 14.0. The molecule has 23 heavy (non-hydrogen) atoms. The van der Waals surface area contributed by atoms with Crippen molar-refractivity contribution in [2.24, 2.45) is 10.8 Å². The monoisotopic (exact) mass is 323 g/mol. The molecular weight excluding hydrogens is 298 g/mol. The molecule has 0 aromatic rings. The van der Waals surface area contributed by atoms with Gasteiger partial charge in [0.1, 0.15) is 6.10 Å². The van der Waals surface area contributed by atoms with Crippen LogP contribution in [-0.2, 0) is 19.1 Å². The summed E-state index contributed by atoms with van der Waals surface area (Å²) in [6, 6.07) is 0. The Bertz CT molecular complexity index is 553. The fourth-order valence-electron chi connectivity index (χ4n) is 4.52. The van der Waals surface area contributed by atoms with Crippen molar-refractivity contribution >= 4 is 12.2 Å². The van der Waals surface area contributed by atoms with Crippen LogP contribution in [0.3, 0.4) is 0 Å². The predicted octanol–water partition coefficient (Wildman–Crippen LogP) is 2.36. The van der Waals surface area contributed by atoms with Crippen LogP contribution in [0.25, 0.3) is 0 Å². The van der Waals surface area contributed by atoms with E-state index in [9.17, 15) is 10.0 Å². The van der Waals surface area contributed by atoms with Crippen LogP contribution >= 0.6 is 0 Å². The molecule has 0 unspecified atom stereocenters. The molecular formula is C17H25NO5. The van der Waals surface area contributed by atoms with Crippen molar-refractivity contribution in [3.05, 3.63) is 16.9 Å². The lowest BCUT2D eigenvalue weighted by molar-refractivity contribution is -0.761. The summed E-state index contributed by atoms with van der Waals surface area (Å²) in [4.78, 5) is 18.8. The van der Waals surface area contributed by atoms with E-state index in [-0.39, 0.29) is 12.1 Å². The summed E-state index contributed by atoms with van der Waals surface area (Å²) < 4.78 is 10.7. The molecule has 1 spiro atoms. The third kappa shape index (κ3) is 2.43. The summed E-state index contributed by atoms with van der Waals surface area (Å²) in [7, 11) is 1.67. The zero-order chi connectivity index (χ0) is 16.7. The lowest BCUT2D eigenvalue weighted by atomic mass is 9.49. The summed E-state index contributed by atoms with van der Waals surface area (Å²) in [5.41, 5.74) is -0.241. The van der Waals surface area contributed by atoms with Crippen LogP contribution in [0.5, 0.6) is 0 Å². The van der Waals surface area contributed by atoms with Gasteiger partial charge in [0.25, 0.3) is 0 Å². The summed E-state index contributed by atoms with van der Waals surface area (Å²) in [6.07, 6.45) is 6.68. The molecule has 3 fully saturated rings. The first-order valence-corrected chi connectivity index (χ1v) is 8.28. The van der Waals surface area contributed by atoms with Gasteiger partial charge in [-0.2, -0.15) is 0 Å². The van der Waals surface area contributed by atoms with Crippen LogP contribution in [0.15, 0.2) is 11.6 Å². The maximum absolute atomic E-state index is 12.7. The number of hydrogen-bond donors (Lipinski definition) is 0. The predicted molar refractivity (Wildman–Crippen MR) is 83.7 cm³/mol. The van der Waals surface area contributed by atoms with Crippen molar-refractivity contribution < 1.29 is 24.0 Å². The van der Waals surface area contributed by atoms with E-state index in [1.807, 2.05) is 19.9 Å². The molecule has 1 aliphatic carbocycles. The number of allylic oxidation sites excluding steroid dienone is 1. The number of hydrogen-bond acceptors (Lipinski definition) is 5. The van der Waals surface area contributed by atoms with Gasteiger partial charge in [-0.25, -0.2) is 0 Å². The van der Waals surface area contributed by atoms with Crippen molar-refractivity contribution in [2.75, 3.05) is 13.7 Å². The van der Waals surface area contributed by atoms with Gasteiger partial charge >= 0.3 is 5.97 Å². The molecule has 0 radical (unpaired) electrons. The number of nitrogens with zero attached hydrogens (tertiary/aromatic N) is 1. The first-order chi connectivity index (χ1) is 10.9. The summed E-state index contributed by atoms with van der Waals surface area (Å²) in [5.74, 6) is -0.270. The van der Waals surface area contributed by atoms with E-state index in [0.29, 0.717) is 17.9 Å². The second-order valence-corrected chi connectivity index (χ2v) is 7.18. The fraction of sp³-hybridized carbons (Fsp3) is 0.765. The maximum Gasteiger partial charge on any atom is 0.323 e. The highest BCUT2D eigenvalue weighted by molar-refractivity contribution is 5.96. The van der Waals surface area contributed by atoms with Gasteiger partial charge in [0.2, 0.25) is 6.21 Å². The van der Waals surface area contributed by atoms with E-state index in [2.05, 4.69) is 0 Å². The van der Waals surface area contributed by atoms with Crippen molar-refractivity contribution in [1.82, 2.24) is 0 Å². The van der Waals surface area contributed by atoms with Crippen LogP contribution in [0.4, 0.5) is 0 Å². The topological polar surface area (TPSA) is 70.8 Å². The first-order valence-electron chi connectivity index (χ1n) is 8.28. The van der Waals surface area contributed by atoms with Crippen molar-refractivity contribution in [3.8, 4) is 0 Å². The molecule has 3 heterocycles. The Hall–Kier alpha value is -1.56. The molecule has 0 amide bonds. The molecule has 0 N–H and O–H groups in total.